The van der Waals surface area contributed by atoms with Crippen molar-refractivity contribution in [3.8, 4) is 0 Å². The first-order valence-corrected chi connectivity index (χ1v) is 5.01. The molecule has 0 atom stereocenters. The molecule has 14 heavy (non-hydrogen) atoms. The smallest absolute Gasteiger partial charge is 0.325 e. The van der Waals surface area contributed by atoms with E-state index in [4.69, 9.17) is 0 Å². The minimum atomic E-state index is -0.397. The van der Waals surface area contributed by atoms with E-state index in [-0.39, 0.29) is 18.4 Å². The molecule has 1 amide bonds. The van der Waals surface area contributed by atoms with E-state index in [1.54, 1.807) is 20.8 Å². The average Bonchev–Trinajstić information content (AvgIpc) is 2.17. The number of ether oxygens (including phenoxy) is 1. The van der Waals surface area contributed by atoms with Crippen molar-refractivity contribution in [2.45, 2.75) is 34.6 Å². The van der Waals surface area contributed by atoms with Crippen LogP contribution in [0.15, 0.2) is 0 Å². The fraction of sp³-hybridized carbons (Fsp3) is 0.800. The van der Waals surface area contributed by atoms with Crippen LogP contribution in [0, 0.1) is 5.92 Å². The molecule has 4 nitrogen and oxygen atoms in total. The zero-order chi connectivity index (χ0) is 11.6. The standard InChI is InChI=1S/C8H15NO3.C2H6/c1-4-12-7(10)5-9-8(11)6(2)3;1-2/h6H,4-5H2,1-3H3,(H,9,11);1-2H3. The lowest BCUT2D eigenvalue weighted by Crippen LogP contribution is -2.33. The van der Waals surface area contributed by atoms with Gasteiger partial charge in [-0.25, -0.2) is 0 Å². The number of nitrogens with one attached hydrogen (secondary N) is 1. The summed E-state index contributed by atoms with van der Waals surface area (Å²) in [4.78, 5) is 21.7. The molecule has 0 aliphatic carbocycles. The molecule has 0 rings (SSSR count). The first-order chi connectivity index (χ1) is 6.57. The number of amides is 1. The lowest BCUT2D eigenvalue weighted by molar-refractivity contribution is -0.143. The van der Waals surface area contributed by atoms with Crippen molar-refractivity contribution in [3.63, 3.8) is 0 Å². The second-order valence-corrected chi connectivity index (χ2v) is 2.68. The molecule has 0 saturated carbocycles. The summed E-state index contributed by atoms with van der Waals surface area (Å²) in [7, 11) is 0. The lowest BCUT2D eigenvalue weighted by Gasteiger charge is -2.06. The summed E-state index contributed by atoms with van der Waals surface area (Å²) < 4.78 is 4.62. The number of hydrogen-bond acceptors (Lipinski definition) is 3. The molecule has 0 aromatic carbocycles. The van der Waals surface area contributed by atoms with Crippen molar-refractivity contribution in [2.24, 2.45) is 5.92 Å². The Hall–Kier alpha value is -1.06. The first-order valence-electron chi connectivity index (χ1n) is 5.01. The van der Waals surface area contributed by atoms with E-state index in [0.29, 0.717) is 6.61 Å². The van der Waals surface area contributed by atoms with Crippen LogP contribution < -0.4 is 5.32 Å². The Morgan fingerprint density at radius 1 is 1.29 bits per heavy atom. The van der Waals surface area contributed by atoms with Crippen molar-refractivity contribution in [3.05, 3.63) is 0 Å². The van der Waals surface area contributed by atoms with Crippen LogP contribution in [-0.2, 0) is 14.3 Å². The Morgan fingerprint density at radius 3 is 2.14 bits per heavy atom. The van der Waals surface area contributed by atoms with Gasteiger partial charge in [0.2, 0.25) is 5.91 Å². The van der Waals surface area contributed by atoms with E-state index in [9.17, 15) is 9.59 Å². The molecule has 0 fully saturated rings. The number of carbonyl (C=O) groups is 2. The van der Waals surface area contributed by atoms with Crippen LogP contribution >= 0.6 is 0 Å². The molecule has 0 aromatic rings. The maximum absolute atomic E-state index is 10.9. The fourth-order valence-electron chi connectivity index (χ4n) is 0.575. The maximum atomic E-state index is 10.9. The highest BCUT2D eigenvalue weighted by Gasteiger charge is 2.08. The van der Waals surface area contributed by atoms with E-state index in [1.807, 2.05) is 13.8 Å². The molecule has 0 heterocycles. The normalized spacial score (nSPS) is 8.71. The molecule has 0 radical (unpaired) electrons. The quantitative estimate of drug-likeness (QED) is 0.702. The molecule has 0 spiro atoms. The van der Waals surface area contributed by atoms with Gasteiger partial charge in [0.1, 0.15) is 6.54 Å². The minimum absolute atomic E-state index is 0.0369. The molecule has 4 heteroatoms. The van der Waals surface area contributed by atoms with Gasteiger partial charge in [-0.1, -0.05) is 27.7 Å². The van der Waals surface area contributed by atoms with Gasteiger partial charge in [0.15, 0.2) is 0 Å². The Kier molecular flexibility index (Phi) is 11.0. The highest BCUT2D eigenvalue weighted by Crippen LogP contribution is 1.89. The molecule has 84 valence electrons. The van der Waals surface area contributed by atoms with Gasteiger partial charge >= 0.3 is 5.97 Å². The third-order valence-electron chi connectivity index (χ3n) is 1.24. The van der Waals surface area contributed by atoms with E-state index in [1.165, 1.54) is 0 Å². The predicted octanol–water partition coefficient (Wildman–Crippen LogP) is 1.35. The van der Waals surface area contributed by atoms with Gasteiger partial charge in [0.05, 0.1) is 6.61 Å². The van der Waals surface area contributed by atoms with Crippen LogP contribution in [0.25, 0.3) is 0 Å². The van der Waals surface area contributed by atoms with Crippen molar-refractivity contribution >= 4 is 11.9 Å². The second-order valence-electron chi connectivity index (χ2n) is 2.68. The van der Waals surface area contributed by atoms with Gasteiger partial charge < -0.3 is 10.1 Å². The molecule has 1 N–H and O–H groups in total. The van der Waals surface area contributed by atoms with Crippen LogP contribution in [0.3, 0.4) is 0 Å². The first kappa shape index (κ1) is 15.4. The van der Waals surface area contributed by atoms with Gasteiger partial charge in [0.25, 0.3) is 0 Å². The van der Waals surface area contributed by atoms with Crippen molar-refractivity contribution in [1.82, 2.24) is 5.32 Å². The van der Waals surface area contributed by atoms with Gasteiger partial charge in [-0.3, -0.25) is 9.59 Å². The number of hydrogen-bond donors (Lipinski definition) is 1. The van der Waals surface area contributed by atoms with Gasteiger partial charge in [-0.2, -0.15) is 0 Å². The molecule has 0 aromatic heterocycles. The largest absolute Gasteiger partial charge is 0.465 e. The Bertz CT molecular complexity index is 167. The third kappa shape index (κ3) is 9.03. The van der Waals surface area contributed by atoms with Crippen molar-refractivity contribution < 1.29 is 14.3 Å². The minimum Gasteiger partial charge on any atom is -0.465 e. The molecular formula is C10H21NO3. The Morgan fingerprint density at radius 2 is 1.79 bits per heavy atom. The fourth-order valence-corrected chi connectivity index (χ4v) is 0.575. The van der Waals surface area contributed by atoms with Crippen LogP contribution in [0.5, 0.6) is 0 Å². The summed E-state index contributed by atoms with van der Waals surface area (Å²) >= 11 is 0. The summed E-state index contributed by atoms with van der Waals surface area (Å²) in [5, 5.41) is 2.45. The van der Waals surface area contributed by atoms with Gasteiger partial charge in [-0.05, 0) is 6.92 Å². The number of carbonyl (C=O) groups excluding carboxylic acids is 2. The molecule has 0 aliphatic heterocycles. The SMILES string of the molecule is CC.CCOC(=O)CNC(=O)C(C)C. The zero-order valence-corrected chi connectivity index (χ0v) is 9.72. The van der Waals surface area contributed by atoms with Crippen LogP contribution in [0.4, 0.5) is 0 Å². The average molecular weight is 203 g/mol. The summed E-state index contributed by atoms with van der Waals surface area (Å²) in [6.45, 7) is 9.56. The van der Waals surface area contributed by atoms with Crippen molar-refractivity contribution in [2.75, 3.05) is 13.2 Å². The van der Waals surface area contributed by atoms with Crippen LogP contribution in [0.2, 0.25) is 0 Å². The van der Waals surface area contributed by atoms with E-state index in [0.717, 1.165) is 0 Å². The number of rotatable bonds is 4. The summed E-state index contributed by atoms with van der Waals surface area (Å²) in [6, 6.07) is 0. The topological polar surface area (TPSA) is 55.4 Å². The lowest BCUT2D eigenvalue weighted by atomic mass is 10.2. The Balaban J connectivity index is 0. The maximum Gasteiger partial charge on any atom is 0.325 e. The summed E-state index contributed by atoms with van der Waals surface area (Å²) in [6.07, 6.45) is 0. The van der Waals surface area contributed by atoms with Crippen molar-refractivity contribution in [1.29, 1.82) is 0 Å². The van der Waals surface area contributed by atoms with Gasteiger partial charge in [0, 0.05) is 5.92 Å². The number of esters is 1. The van der Waals surface area contributed by atoms with E-state index >= 15 is 0 Å². The second kappa shape index (κ2) is 10.0. The van der Waals surface area contributed by atoms with Gasteiger partial charge in [-0.15, -0.1) is 0 Å². The van der Waals surface area contributed by atoms with Crippen LogP contribution in [-0.4, -0.2) is 25.0 Å². The highest BCUT2D eigenvalue weighted by atomic mass is 16.5. The van der Waals surface area contributed by atoms with E-state index < -0.39 is 5.97 Å². The molecule has 0 saturated heterocycles. The third-order valence-corrected chi connectivity index (χ3v) is 1.24. The molecule has 0 bridgehead atoms. The molecule has 0 aliphatic rings. The summed E-state index contributed by atoms with van der Waals surface area (Å²) in [5.74, 6) is -0.631. The Labute approximate surface area is 86.0 Å². The highest BCUT2D eigenvalue weighted by molar-refractivity contribution is 5.82. The molecule has 0 unspecified atom stereocenters. The monoisotopic (exact) mass is 203 g/mol. The van der Waals surface area contributed by atoms with Crippen LogP contribution in [0.1, 0.15) is 34.6 Å². The van der Waals surface area contributed by atoms with E-state index in [2.05, 4.69) is 10.1 Å². The zero-order valence-electron chi connectivity index (χ0n) is 9.72. The summed E-state index contributed by atoms with van der Waals surface area (Å²) in [5.41, 5.74) is 0. The predicted molar refractivity (Wildman–Crippen MR) is 55.8 cm³/mol. The molecular weight excluding hydrogens is 182 g/mol.